The number of alkyl halides is 3. The number of halogens is 4. The lowest BCUT2D eigenvalue weighted by Crippen LogP contribution is -2.41. The number of benzene rings is 3. The van der Waals surface area contributed by atoms with E-state index in [4.69, 9.17) is 21.1 Å². The molecule has 0 amide bonds. The van der Waals surface area contributed by atoms with Crippen LogP contribution in [-0.4, -0.2) is 28.2 Å². The maximum Gasteiger partial charge on any atom is 0.434 e. The molecule has 44 heavy (non-hydrogen) atoms. The lowest BCUT2D eigenvalue weighted by atomic mass is 9.95. The van der Waals surface area contributed by atoms with Crippen molar-refractivity contribution >= 4 is 40.7 Å². The standard InChI is InChI=1S/C30H21ClF3N3O6S/c1-2-42-28(39)24-25(19-8-10-20(31)11-9-19)36-27(38)23(44-29(36)35-26(24)30(32,33)34)15-18-4-3-5-22(14-18)43-16-17-6-12-21(13-7-17)37(40)41/h3-15,25H,2,16H2,1H3/b23-15-/t25-/m0/s1. The Kier molecular flexibility index (Phi) is 8.70. The van der Waals surface area contributed by atoms with Crippen molar-refractivity contribution in [2.24, 2.45) is 4.99 Å². The summed E-state index contributed by atoms with van der Waals surface area (Å²) in [6.07, 6.45) is -3.53. The van der Waals surface area contributed by atoms with Crippen LogP contribution in [-0.2, 0) is 16.1 Å². The minimum atomic E-state index is -5.02. The van der Waals surface area contributed by atoms with Crippen molar-refractivity contribution in [2.45, 2.75) is 25.7 Å². The topological polar surface area (TPSA) is 113 Å². The zero-order valence-electron chi connectivity index (χ0n) is 22.7. The first-order valence-corrected chi connectivity index (χ1v) is 14.2. The number of carbonyl (C=O) groups excluding carboxylic acids is 1. The second kappa shape index (κ2) is 12.5. The molecule has 0 radical (unpaired) electrons. The molecular formula is C30H21ClF3N3O6S. The molecule has 4 aromatic rings. The van der Waals surface area contributed by atoms with Gasteiger partial charge in [-0.25, -0.2) is 9.79 Å². The van der Waals surface area contributed by atoms with Crippen LogP contribution in [0.4, 0.5) is 18.9 Å². The summed E-state index contributed by atoms with van der Waals surface area (Å²) >= 11 is 6.75. The number of hydrogen-bond acceptors (Lipinski definition) is 8. The smallest absolute Gasteiger partial charge is 0.434 e. The molecule has 226 valence electrons. The van der Waals surface area contributed by atoms with Crippen LogP contribution in [0, 0.1) is 10.1 Å². The maximum absolute atomic E-state index is 14.3. The van der Waals surface area contributed by atoms with Gasteiger partial charge in [0.1, 0.15) is 12.4 Å². The van der Waals surface area contributed by atoms with Crippen molar-refractivity contribution in [3.63, 3.8) is 0 Å². The van der Waals surface area contributed by atoms with Gasteiger partial charge in [0.2, 0.25) is 0 Å². The first kappa shape index (κ1) is 30.7. The summed E-state index contributed by atoms with van der Waals surface area (Å²) in [6.45, 7) is 1.39. The molecule has 0 bridgehead atoms. The number of nitro benzene ring substituents is 1. The number of nitro groups is 1. The van der Waals surface area contributed by atoms with E-state index in [1.165, 1.54) is 49.4 Å². The van der Waals surface area contributed by atoms with E-state index >= 15 is 0 Å². The Balaban J connectivity index is 1.56. The number of carbonyl (C=O) groups is 1. The molecule has 1 aromatic heterocycles. The van der Waals surface area contributed by atoms with E-state index in [1.807, 2.05) is 0 Å². The predicted molar refractivity (Wildman–Crippen MR) is 156 cm³/mol. The van der Waals surface area contributed by atoms with E-state index in [0.717, 1.165) is 15.9 Å². The maximum atomic E-state index is 14.3. The fourth-order valence-electron chi connectivity index (χ4n) is 4.53. The molecular weight excluding hydrogens is 623 g/mol. The van der Waals surface area contributed by atoms with Crippen LogP contribution in [0.1, 0.15) is 29.7 Å². The monoisotopic (exact) mass is 643 g/mol. The van der Waals surface area contributed by atoms with Gasteiger partial charge in [0, 0.05) is 17.2 Å². The molecule has 1 atom stereocenters. The van der Waals surface area contributed by atoms with Crippen molar-refractivity contribution in [2.75, 3.05) is 6.61 Å². The number of aromatic nitrogens is 1. The molecule has 0 spiro atoms. The van der Waals surface area contributed by atoms with Gasteiger partial charge in [-0.3, -0.25) is 19.5 Å². The summed E-state index contributed by atoms with van der Waals surface area (Å²) in [5.74, 6) is -0.816. The Morgan fingerprint density at radius 2 is 1.84 bits per heavy atom. The highest BCUT2D eigenvalue weighted by Gasteiger charge is 2.45. The first-order chi connectivity index (χ1) is 21.0. The number of nitrogens with zero attached hydrogens (tertiary/aromatic N) is 3. The summed E-state index contributed by atoms with van der Waals surface area (Å²) in [5, 5.41) is 11.2. The molecule has 5 rings (SSSR count). The van der Waals surface area contributed by atoms with Gasteiger partial charge in [-0.1, -0.05) is 47.2 Å². The largest absolute Gasteiger partial charge is 0.489 e. The predicted octanol–water partition coefficient (Wildman–Crippen LogP) is 5.48. The van der Waals surface area contributed by atoms with E-state index in [-0.39, 0.29) is 33.8 Å². The average molecular weight is 644 g/mol. The fraction of sp³-hybridized carbons (Fsp3) is 0.167. The summed E-state index contributed by atoms with van der Waals surface area (Å²) in [6, 6.07) is 16.8. The van der Waals surface area contributed by atoms with Gasteiger partial charge in [0.15, 0.2) is 10.5 Å². The van der Waals surface area contributed by atoms with Gasteiger partial charge in [-0.05, 0) is 66.1 Å². The normalized spacial score (nSPS) is 15.0. The Labute approximate surface area is 255 Å². The van der Waals surface area contributed by atoms with Crippen molar-refractivity contribution < 1.29 is 32.4 Å². The van der Waals surface area contributed by atoms with E-state index in [2.05, 4.69) is 4.99 Å². The molecule has 0 aliphatic carbocycles. The number of non-ortho nitro benzene ring substituents is 1. The van der Waals surface area contributed by atoms with Gasteiger partial charge in [0.05, 0.1) is 27.7 Å². The van der Waals surface area contributed by atoms with E-state index < -0.39 is 39.9 Å². The third-order valence-electron chi connectivity index (χ3n) is 6.49. The highest BCUT2D eigenvalue weighted by Crippen LogP contribution is 2.38. The van der Waals surface area contributed by atoms with Crippen LogP contribution in [0.3, 0.4) is 0 Å². The molecule has 9 nitrogen and oxygen atoms in total. The summed E-state index contributed by atoms with van der Waals surface area (Å²) in [5.41, 5.74) is -1.54. The van der Waals surface area contributed by atoms with Gasteiger partial charge >= 0.3 is 12.1 Å². The van der Waals surface area contributed by atoms with Gasteiger partial charge in [0.25, 0.3) is 11.2 Å². The Morgan fingerprint density at radius 1 is 1.14 bits per heavy atom. The van der Waals surface area contributed by atoms with Crippen LogP contribution < -0.4 is 19.6 Å². The Hall–Kier alpha value is -4.75. The Morgan fingerprint density at radius 3 is 2.48 bits per heavy atom. The number of rotatable bonds is 8. The molecule has 0 saturated carbocycles. The van der Waals surface area contributed by atoms with Crippen molar-refractivity contribution in [3.8, 4) is 5.75 Å². The molecule has 0 saturated heterocycles. The van der Waals surface area contributed by atoms with Gasteiger partial charge < -0.3 is 9.47 Å². The van der Waals surface area contributed by atoms with Crippen molar-refractivity contribution in [1.82, 2.24) is 4.57 Å². The van der Waals surface area contributed by atoms with Crippen LogP contribution in [0.5, 0.6) is 5.75 Å². The average Bonchev–Trinajstić information content (AvgIpc) is 3.30. The number of esters is 1. The fourth-order valence-corrected chi connectivity index (χ4v) is 5.65. The zero-order valence-corrected chi connectivity index (χ0v) is 24.3. The molecule has 1 aliphatic heterocycles. The van der Waals surface area contributed by atoms with E-state index in [0.29, 0.717) is 21.9 Å². The van der Waals surface area contributed by atoms with Crippen LogP contribution in [0.15, 0.2) is 93.9 Å². The molecule has 3 aromatic carbocycles. The lowest BCUT2D eigenvalue weighted by molar-refractivity contribution is -0.384. The third kappa shape index (κ3) is 6.43. The first-order valence-electron chi connectivity index (χ1n) is 13.0. The minimum absolute atomic E-state index is 0.0488. The molecule has 0 unspecified atom stereocenters. The van der Waals surface area contributed by atoms with Crippen molar-refractivity contribution in [1.29, 1.82) is 0 Å². The number of thiazole rings is 1. The zero-order chi connectivity index (χ0) is 31.6. The lowest BCUT2D eigenvalue weighted by Gasteiger charge is -2.26. The summed E-state index contributed by atoms with van der Waals surface area (Å²) in [7, 11) is 0. The number of ether oxygens (including phenoxy) is 2. The highest BCUT2D eigenvalue weighted by atomic mass is 35.5. The second-order valence-corrected chi connectivity index (χ2v) is 10.8. The minimum Gasteiger partial charge on any atom is -0.489 e. The molecule has 2 heterocycles. The molecule has 14 heteroatoms. The highest BCUT2D eigenvalue weighted by molar-refractivity contribution is 7.07. The van der Waals surface area contributed by atoms with Crippen LogP contribution >= 0.6 is 22.9 Å². The third-order valence-corrected chi connectivity index (χ3v) is 7.72. The van der Waals surface area contributed by atoms with Gasteiger partial charge in [-0.15, -0.1) is 0 Å². The molecule has 0 N–H and O–H groups in total. The molecule has 1 aliphatic rings. The quantitative estimate of drug-likeness (QED) is 0.143. The second-order valence-electron chi connectivity index (χ2n) is 9.40. The SMILES string of the molecule is CCOC(=O)C1=C(C(F)(F)F)N=c2s/c(=C\c3cccc(OCc4ccc([N+](=O)[O-])cc4)c3)c(=O)n2[C@H]1c1ccc(Cl)cc1. The van der Waals surface area contributed by atoms with E-state index in [9.17, 15) is 32.9 Å². The van der Waals surface area contributed by atoms with Crippen LogP contribution in [0.2, 0.25) is 5.02 Å². The summed E-state index contributed by atoms with van der Waals surface area (Å²) < 4.78 is 54.7. The number of allylic oxidation sites excluding steroid dienone is 1. The Bertz CT molecular complexity index is 1950. The number of fused-ring (bicyclic) bond motifs is 1. The number of hydrogen-bond donors (Lipinski definition) is 0. The van der Waals surface area contributed by atoms with Gasteiger partial charge in [-0.2, -0.15) is 13.2 Å². The summed E-state index contributed by atoms with van der Waals surface area (Å²) in [4.78, 5) is 40.5. The van der Waals surface area contributed by atoms with Crippen molar-refractivity contribution in [3.05, 3.63) is 136 Å². The van der Waals surface area contributed by atoms with Crippen LogP contribution in [0.25, 0.3) is 6.08 Å². The van der Waals surface area contributed by atoms with E-state index in [1.54, 1.807) is 36.4 Å². The molecule has 0 fully saturated rings.